The predicted molar refractivity (Wildman–Crippen MR) is 86.9 cm³/mol. The maximum absolute atomic E-state index is 6.07. The average molecular weight is 377 g/mol. The fourth-order valence-corrected chi connectivity index (χ4v) is 3.79. The molecule has 7 nitrogen and oxygen atoms in total. The van der Waals surface area contributed by atoms with Gasteiger partial charge in [-0.15, -0.1) is 0 Å². The molecule has 0 unspecified atom stereocenters. The molecule has 2 aliphatic heterocycles. The number of rotatable bonds is 2. The van der Waals surface area contributed by atoms with E-state index in [0.29, 0.717) is 16.9 Å². The first-order valence-electron chi connectivity index (χ1n) is 7.07. The molecule has 0 saturated carbocycles. The number of ether oxygens (including phenoxy) is 3. The van der Waals surface area contributed by atoms with Crippen LogP contribution in [-0.4, -0.2) is 49.4 Å². The van der Waals surface area contributed by atoms with Gasteiger partial charge in [-0.2, -0.15) is 17.6 Å². The van der Waals surface area contributed by atoms with Crippen LogP contribution in [0.25, 0.3) is 11.2 Å². The molecule has 0 aliphatic carbocycles. The highest BCUT2D eigenvalue weighted by molar-refractivity contribution is 7.80. The molecular weight excluding hydrogens is 363 g/mol. The van der Waals surface area contributed by atoms with Crippen LogP contribution in [0.15, 0.2) is 6.33 Å². The van der Waals surface area contributed by atoms with Gasteiger partial charge in [0.15, 0.2) is 22.8 Å². The van der Waals surface area contributed by atoms with Gasteiger partial charge in [0, 0.05) is 5.75 Å². The first-order valence-corrected chi connectivity index (χ1v) is 8.46. The Morgan fingerprint density at radius 2 is 2.00 bits per heavy atom. The van der Waals surface area contributed by atoms with Crippen molar-refractivity contribution < 1.29 is 14.2 Å². The van der Waals surface area contributed by atoms with Gasteiger partial charge >= 0.3 is 0 Å². The Hall–Kier alpha value is -0.640. The normalized spacial score (nSPS) is 32.6. The Kier molecular flexibility index (Phi) is 3.75. The molecule has 2 fully saturated rings. The van der Waals surface area contributed by atoms with Gasteiger partial charge in [-0.05, 0) is 25.4 Å². The van der Waals surface area contributed by atoms with Gasteiger partial charge in [0.2, 0.25) is 5.28 Å². The summed E-state index contributed by atoms with van der Waals surface area (Å²) in [4.78, 5) is 12.4. The number of aromatic nitrogens is 4. The molecule has 2 saturated heterocycles. The summed E-state index contributed by atoms with van der Waals surface area (Å²) in [6.07, 6.45) is 0.440. The maximum atomic E-state index is 6.07. The second-order valence-corrected chi connectivity index (χ2v) is 6.98. The largest absolute Gasteiger partial charge is 0.348 e. The summed E-state index contributed by atoms with van der Waals surface area (Å²) in [5.41, 5.74) is 0.954. The van der Waals surface area contributed by atoms with E-state index in [1.807, 2.05) is 13.8 Å². The third-order valence-electron chi connectivity index (χ3n) is 3.93. The number of thiol groups is 1. The van der Waals surface area contributed by atoms with Gasteiger partial charge in [0.05, 0.1) is 12.4 Å². The predicted octanol–water partition coefficient (Wildman–Crippen LogP) is 2.48. The molecule has 0 bridgehead atoms. The van der Waals surface area contributed by atoms with Crippen molar-refractivity contribution in [1.29, 1.82) is 0 Å². The van der Waals surface area contributed by atoms with Crippen LogP contribution < -0.4 is 0 Å². The Labute approximate surface area is 147 Å². The van der Waals surface area contributed by atoms with Crippen molar-refractivity contribution in [1.82, 2.24) is 19.5 Å². The minimum Gasteiger partial charge on any atom is -0.348 e. The number of hydrogen-bond acceptors (Lipinski definition) is 7. The summed E-state index contributed by atoms with van der Waals surface area (Å²) >= 11 is 16.3. The molecule has 0 spiro atoms. The van der Waals surface area contributed by atoms with Gasteiger partial charge in [-0.1, -0.05) is 11.6 Å². The monoisotopic (exact) mass is 376 g/mol. The van der Waals surface area contributed by atoms with Crippen molar-refractivity contribution in [2.24, 2.45) is 0 Å². The maximum Gasteiger partial charge on any atom is 0.225 e. The fourth-order valence-electron chi connectivity index (χ4n) is 3.07. The number of halogens is 2. The van der Waals surface area contributed by atoms with Crippen LogP contribution in [0.3, 0.4) is 0 Å². The van der Waals surface area contributed by atoms with E-state index in [-0.39, 0.29) is 28.7 Å². The van der Waals surface area contributed by atoms with Gasteiger partial charge in [-0.3, -0.25) is 4.57 Å². The lowest BCUT2D eigenvalue weighted by Crippen LogP contribution is -2.30. The van der Waals surface area contributed by atoms with E-state index in [2.05, 4.69) is 27.6 Å². The Balaban J connectivity index is 1.79. The van der Waals surface area contributed by atoms with Crippen molar-refractivity contribution in [3.63, 3.8) is 0 Å². The molecule has 0 radical (unpaired) electrons. The first kappa shape index (κ1) is 15.9. The first-order chi connectivity index (χ1) is 10.9. The zero-order valence-corrected chi connectivity index (χ0v) is 14.7. The Morgan fingerprint density at radius 3 is 2.74 bits per heavy atom. The highest BCUT2D eigenvalue weighted by Crippen LogP contribution is 2.44. The summed E-state index contributed by atoms with van der Waals surface area (Å²) in [6, 6.07) is 0. The van der Waals surface area contributed by atoms with Crippen LogP contribution in [0.5, 0.6) is 0 Å². The van der Waals surface area contributed by atoms with E-state index < -0.39 is 12.0 Å². The molecule has 10 heteroatoms. The lowest BCUT2D eigenvalue weighted by Gasteiger charge is -2.24. The summed E-state index contributed by atoms with van der Waals surface area (Å²) < 4.78 is 19.8. The van der Waals surface area contributed by atoms with Crippen LogP contribution in [-0.2, 0) is 14.2 Å². The quantitative estimate of drug-likeness (QED) is 0.493. The topological polar surface area (TPSA) is 71.3 Å². The minimum atomic E-state index is -0.681. The van der Waals surface area contributed by atoms with Gasteiger partial charge < -0.3 is 14.2 Å². The molecule has 4 heterocycles. The second-order valence-electron chi connectivity index (χ2n) is 5.92. The summed E-state index contributed by atoms with van der Waals surface area (Å²) in [5.74, 6) is -0.167. The molecular formula is C13H14Cl2N4O3S. The molecule has 2 aromatic heterocycles. The van der Waals surface area contributed by atoms with Crippen LogP contribution in [0.4, 0.5) is 0 Å². The molecule has 124 valence electrons. The van der Waals surface area contributed by atoms with E-state index >= 15 is 0 Å². The number of hydrogen-bond donors (Lipinski definition) is 1. The molecule has 0 amide bonds. The SMILES string of the molecule is CC1(C)O[C@@H]2[C@H](O1)[C@@H](CS)O[C@H]2n1cnc2c(Cl)nc(Cl)nc21. The lowest BCUT2D eigenvalue weighted by atomic mass is 10.1. The molecule has 23 heavy (non-hydrogen) atoms. The molecule has 4 rings (SSSR count). The molecule has 4 atom stereocenters. The van der Waals surface area contributed by atoms with Crippen molar-refractivity contribution in [2.75, 3.05) is 5.75 Å². The van der Waals surface area contributed by atoms with Crippen molar-refractivity contribution >= 4 is 47.0 Å². The van der Waals surface area contributed by atoms with Crippen molar-refractivity contribution in [3.05, 3.63) is 16.8 Å². The van der Waals surface area contributed by atoms with Gasteiger partial charge in [-0.25, -0.2) is 9.97 Å². The zero-order valence-electron chi connectivity index (χ0n) is 12.3. The second kappa shape index (κ2) is 5.44. The number of fused-ring (bicyclic) bond motifs is 2. The number of imidazole rings is 1. The average Bonchev–Trinajstić information content (AvgIpc) is 3.09. The zero-order chi connectivity index (χ0) is 16.4. The Morgan fingerprint density at radius 1 is 1.26 bits per heavy atom. The third kappa shape index (κ3) is 2.52. The van der Waals surface area contributed by atoms with E-state index in [9.17, 15) is 0 Å². The molecule has 2 aliphatic rings. The van der Waals surface area contributed by atoms with Gasteiger partial charge in [0.25, 0.3) is 0 Å². The van der Waals surface area contributed by atoms with E-state index in [4.69, 9.17) is 37.4 Å². The Bertz CT molecular complexity index is 771. The summed E-state index contributed by atoms with van der Waals surface area (Å²) in [6.45, 7) is 3.75. The molecule has 0 N–H and O–H groups in total. The van der Waals surface area contributed by atoms with E-state index in [1.54, 1.807) is 10.9 Å². The standard InChI is InChI=1S/C13H14Cl2N4O3S/c1-13(2)21-7-5(3-23)20-11(8(7)22-13)19-4-16-6-9(14)17-12(15)18-10(6)19/h4-5,7-8,11,23H,3H2,1-2H3/t5-,7-,8-,11-/m1/s1. The minimum absolute atomic E-state index is 0.0495. The van der Waals surface area contributed by atoms with E-state index in [1.165, 1.54) is 0 Å². The smallest absolute Gasteiger partial charge is 0.225 e. The van der Waals surface area contributed by atoms with E-state index in [0.717, 1.165) is 0 Å². The third-order valence-corrected chi connectivity index (χ3v) is 4.72. The molecule has 2 aromatic rings. The van der Waals surface area contributed by atoms with Crippen molar-refractivity contribution in [2.45, 2.75) is 44.2 Å². The fraction of sp³-hybridized carbons (Fsp3) is 0.615. The van der Waals surface area contributed by atoms with Crippen LogP contribution in [0.1, 0.15) is 20.1 Å². The van der Waals surface area contributed by atoms with Crippen molar-refractivity contribution in [3.8, 4) is 0 Å². The van der Waals surface area contributed by atoms with Gasteiger partial charge in [0.1, 0.15) is 17.7 Å². The summed E-state index contributed by atoms with van der Waals surface area (Å²) in [5, 5.41) is 0.247. The van der Waals surface area contributed by atoms with Crippen LogP contribution in [0.2, 0.25) is 10.4 Å². The highest BCUT2D eigenvalue weighted by Gasteiger charge is 2.55. The summed E-state index contributed by atoms with van der Waals surface area (Å²) in [7, 11) is 0. The number of nitrogens with zero attached hydrogens (tertiary/aromatic N) is 4. The lowest BCUT2D eigenvalue weighted by molar-refractivity contribution is -0.193. The highest BCUT2D eigenvalue weighted by atomic mass is 35.5. The van der Waals surface area contributed by atoms with Crippen LogP contribution in [0, 0.1) is 0 Å². The molecule has 0 aromatic carbocycles. The van der Waals surface area contributed by atoms with Crippen LogP contribution >= 0.6 is 35.8 Å².